The van der Waals surface area contributed by atoms with Crippen molar-refractivity contribution in [2.45, 2.75) is 32.1 Å². The predicted molar refractivity (Wildman–Crippen MR) is 95.7 cm³/mol. The van der Waals surface area contributed by atoms with Crippen molar-refractivity contribution in [3.63, 3.8) is 0 Å². The number of carbonyl (C=O) groups is 1. The maximum absolute atomic E-state index is 13.0. The Kier molecular flexibility index (Phi) is 4.79. The first-order chi connectivity index (χ1) is 10.6. The van der Waals surface area contributed by atoms with Crippen molar-refractivity contribution in [2.75, 3.05) is 6.61 Å². The second-order valence-electron chi connectivity index (χ2n) is 6.89. The molecule has 1 fully saturated rings. The first-order valence-corrected chi connectivity index (χ1v) is 8.11. The van der Waals surface area contributed by atoms with Gasteiger partial charge in [0.2, 0.25) is 0 Å². The summed E-state index contributed by atoms with van der Waals surface area (Å²) < 4.78 is 0. The van der Waals surface area contributed by atoms with Crippen molar-refractivity contribution in [3.8, 4) is 5.75 Å². The molecular weight excluding hydrogens is 308 g/mol. The van der Waals surface area contributed by atoms with E-state index in [1.807, 2.05) is 19.9 Å². The number of ketones is 1. The lowest BCUT2D eigenvalue weighted by atomic mass is 9.60. The summed E-state index contributed by atoms with van der Waals surface area (Å²) in [6, 6.07) is 3.52. The molecule has 1 aromatic carbocycles. The first-order valence-electron chi connectivity index (χ1n) is 7.66. The SMILES string of the molecule is C=C1CC(CO)C(C)(C)C(=O)C1C(=C)c1ccc(S)c(O)c1C. The molecule has 2 unspecified atom stereocenters. The molecule has 0 aliphatic heterocycles. The topological polar surface area (TPSA) is 57.5 Å². The number of aliphatic hydroxyl groups excluding tert-OH is 1. The molecule has 1 aromatic rings. The molecule has 0 heterocycles. The summed E-state index contributed by atoms with van der Waals surface area (Å²) in [7, 11) is 0. The number of allylic oxidation sites excluding steroid dienone is 2. The van der Waals surface area contributed by atoms with Crippen molar-refractivity contribution in [2.24, 2.45) is 17.3 Å². The Morgan fingerprint density at radius 2 is 2.04 bits per heavy atom. The molecule has 1 aliphatic carbocycles. The summed E-state index contributed by atoms with van der Waals surface area (Å²) in [6.07, 6.45) is 0.592. The Morgan fingerprint density at radius 3 is 2.61 bits per heavy atom. The zero-order valence-corrected chi connectivity index (χ0v) is 14.8. The maximum atomic E-state index is 13.0. The van der Waals surface area contributed by atoms with Gasteiger partial charge in [-0.2, -0.15) is 0 Å². The van der Waals surface area contributed by atoms with Crippen LogP contribution in [0, 0.1) is 24.2 Å². The summed E-state index contributed by atoms with van der Waals surface area (Å²) >= 11 is 4.21. The van der Waals surface area contributed by atoms with E-state index in [0.717, 1.165) is 11.1 Å². The van der Waals surface area contributed by atoms with Crippen LogP contribution in [0.3, 0.4) is 0 Å². The molecule has 124 valence electrons. The van der Waals surface area contributed by atoms with Gasteiger partial charge in [0.05, 0.1) is 5.92 Å². The maximum Gasteiger partial charge on any atom is 0.150 e. The number of Topliss-reactive ketones (excluding diaryl/α,β-unsaturated/α-hetero) is 1. The number of hydrogen-bond donors (Lipinski definition) is 3. The van der Waals surface area contributed by atoms with Crippen LogP contribution < -0.4 is 0 Å². The van der Waals surface area contributed by atoms with Crippen LogP contribution in [0.15, 0.2) is 35.8 Å². The number of rotatable bonds is 3. The van der Waals surface area contributed by atoms with Crippen molar-refractivity contribution >= 4 is 24.0 Å². The minimum absolute atomic E-state index is 0.0200. The Bertz CT molecular complexity index is 688. The zero-order chi connectivity index (χ0) is 17.5. The fourth-order valence-electron chi connectivity index (χ4n) is 3.33. The summed E-state index contributed by atoms with van der Waals surface area (Å²) in [5, 5.41) is 19.6. The molecule has 0 radical (unpaired) electrons. The summed E-state index contributed by atoms with van der Waals surface area (Å²) in [5.74, 6) is -0.488. The van der Waals surface area contributed by atoms with Gasteiger partial charge < -0.3 is 10.2 Å². The van der Waals surface area contributed by atoms with Crippen LogP contribution in [0.1, 0.15) is 31.4 Å². The lowest BCUT2D eigenvalue weighted by molar-refractivity contribution is -0.134. The summed E-state index contributed by atoms with van der Waals surface area (Å²) in [6.45, 7) is 13.7. The second kappa shape index (κ2) is 6.17. The van der Waals surface area contributed by atoms with E-state index in [0.29, 0.717) is 22.5 Å². The van der Waals surface area contributed by atoms with Gasteiger partial charge in [-0.1, -0.05) is 38.6 Å². The van der Waals surface area contributed by atoms with E-state index in [-0.39, 0.29) is 24.1 Å². The van der Waals surface area contributed by atoms with Gasteiger partial charge >= 0.3 is 0 Å². The summed E-state index contributed by atoms with van der Waals surface area (Å²) in [5.41, 5.74) is 2.18. The lowest BCUT2D eigenvalue weighted by Gasteiger charge is -2.42. The van der Waals surface area contributed by atoms with Crippen LogP contribution in [0.2, 0.25) is 0 Å². The van der Waals surface area contributed by atoms with Gasteiger partial charge in [0, 0.05) is 16.9 Å². The number of carbonyl (C=O) groups excluding carboxylic acids is 1. The van der Waals surface area contributed by atoms with Crippen LogP contribution in [0.25, 0.3) is 5.57 Å². The molecule has 23 heavy (non-hydrogen) atoms. The van der Waals surface area contributed by atoms with Crippen molar-refractivity contribution in [1.82, 2.24) is 0 Å². The Labute approximate surface area is 143 Å². The predicted octanol–water partition coefficient (Wildman–Crippen LogP) is 3.78. The molecule has 0 saturated heterocycles. The van der Waals surface area contributed by atoms with Crippen LogP contribution in [-0.4, -0.2) is 22.6 Å². The largest absolute Gasteiger partial charge is 0.506 e. The third kappa shape index (κ3) is 2.86. The van der Waals surface area contributed by atoms with Crippen molar-refractivity contribution in [1.29, 1.82) is 0 Å². The number of thiol groups is 1. The Morgan fingerprint density at radius 1 is 1.43 bits per heavy atom. The molecule has 2 N–H and O–H groups in total. The van der Waals surface area contributed by atoms with Crippen LogP contribution in [0.4, 0.5) is 0 Å². The molecule has 2 atom stereocenters. The normalized spacial score (nSPS) is 23.9. The van der Waals surface area contributed by atoms with Gasteiger partial charge in [0.15, 0.2) is 0 Å². The smallest absolute Gasteiger partial charge is 0.150 e. The van der Waals surface area contributed by atoms with Gasteiger partial charge in [-0.15, -0.1) is 12.6 Å². The standard InChI is InChI=1S/C19H24O3S/c1-10-8-13(9-20)19(4,5)18(22)16(10)11(2)14-6-7-15(23)17(21)12(14)3/h6-7,13,16,20-21,23H,1-2,8-9H2,3-5H3. The number of benzene rings is 1. The average molecular weight is 332 g/mol. The number of phenols is 1. The molecule has 0 bridgehead atoms. The number of phenolic OH excluding ortho intramolecular Hbond substituents is 1. The van der Waals surface area contributed by atoms with Gasteiger partial charge in [-0.05, 0) is 42.0 Å². The molecule has 3 nitrogen and oxygen atoms in total. The Balaban J connectivity index is 2.45. The second-order valence-corrected chi connectivity index (χ2v) is 7.37. The highest BCUT2D eigenvalue weighted by Gasteiger charge is 2.46. The fraction of sp³-hybridized carbons (Fsp3) is 0.421. The minimum Gasteiger partial charge on any atom is -0.506 e. The van der Waals surface area contributed by atoms with Crippen molar-refractivity contribution in [3.05, 3.63) is 42.0 Å². The lowest BCUT2D eigenvalue weighted by Crippen LogP contribution is -2.44. The average Bonchev–Trinajstić information content (AvgIpc) is 2.49. The highest BCUT2D eigenvalue weighted by Crippen LogP contribution is 2.47. The van der Waals surface area contributed by atoms with Crippen LogP contribution >= 0.6 is 12.6 Å². The molecular formula is C19H24O3S. The molecule has 0 amide bonds. The zero-order valence-electron chi connectivity index (χ0n) is 13.9. The molecule has 1 aliphatic rings. The van der Waals surface area contributed by atoms with E-state index in [2.05, 4.69) is 25.8 Å². The molecule has 2 rings (SSSR count). The number of aromatic hydroxyl groups is 1. The van der Waals surface area contributed by atoms with E-state index < -0.39 is 11.3 Å². The van der Waals surface area contributed by atoms with Gasteiger partial charge in [-0.3, -0.25) is 4.79 Å². The Hall–Kier alpha value is -1.52. The third-order valence-electron chi connectivity index (χ3n) is 5.16. The number of hydrogen-bond acceptors (Lipinski definition) is 4. The fourth-order valence-corrected chi connectivity index (χ4v) is 3.58. The van der Waals surface area contributed by atoms with Crippen LogP contribution in [0.5, 0.6) is 5.75 Å². The molecule has 1 saturated carbocycles. The summed E-state index contributed by atoms with van der Waals surface area (Å²) in [4.78, 5) is 13.5. The first kappa shape index (κ1) is 17.8. The van der Waals surface area contributed by atoms with Gasteiger partial charge in [0.25, 0.3) is 0 Å². The van der Waals surface area contributed by atoms with E-state index in [1.165, 1.54) is 0 Å². The van der Waals surface area contributed by atoms with Gasteiger partial charge in [0.1, 0.15) is 11.5 Å². The highest BCUT2D eigenvalue weighted by atomic mass is 32.1. The van der Waals surface area contributed by atoms with E-state index in [4.69, 9.17) is 0 Å². The highest BCUT2D eigenvalue weighted by molar-refractivity contribution is 7.80. The van der Waals surface area contributed by atoms with E-state index >= 15 is 0 Å². The molecule has 4 heteroatoms. The minimum atomic E-state index is -0.636. The van der Waals surface area contributed by atoms with Crippen molar-refractivity contribution < 1.29 is 15.0 Å². The monoisotopic (exact) mass is 332 g/mol. The number of aliphatic hydroxyl groups is 1. The third-order valence-corrected chi connectivity index (χ3v) is 5.52. The van der Waals surface area contributed by atoms with E-state index in [9.17, 15) is 15.0 Å². The molecule has 0 aromatic heterocycles. The van der Waals surface area contributed by atoms with E-state index in [1.54, 1.807) is 13.0 Å². The van der Waals surface area contributed by atoms with Gasteiger partial charge in [-0.25, -0.2) is 0 Å². The quantitative estimate of drug-likeness (QED) is 0.583. The molecule has 0 spiro atoms. The van der Waals surface area contributed by atoms with Crippen LogP contribution in [-0.2, 0) is 4.79 Å².